The van der Waals surface area contributed by atoms with E-state index < -0.39 is 6.17 Å². The van der Waals surface area contributed by atoms with Gasteiger partial charge in [0.2, 0.25) is 0 Å². The molecule has 5 rings (SSSR count). The second-order valence-electron chi connectivity index (χ2n) is 8.99. The average Bonchev–Trinajstić information content (AvgIpc) is 3.24. The molecule has 3 heterocycles. The lowest BCUT2D eigenvalue weighted by Crippen LogP contribution is -2.39. The molecular weight excluding hydrogens is 428 g/mol. The van der Waals surface area contributed by atoms with Crippen LogP contribution in [0.3, 0.4) is 0 Å². The highest BCUT2D eigenvalue weighted by atomic mass is 19.1. The quantitative estimate of drug-likeness (QED) is 0.558. The molecule has 3 aromatic rings. The fourth-order valence-electron chi connectivity index (χ4n) is 4.79. The van der Waals surface area contributed by atoms with Crippen LogP contribution in [0.5, 0.6) is 5.75 Å². The number of hydrogen-bond acceptors (Lipinski definition) is 5. The Morgan fingerprint density at radius 2 is 2.00 bits per heavy atom. The first-order valence-electron chi connectivity index (χ1n) is 11.4. The van der Waals surface area contributed by atoms with E-state index in [0.717, 1.165) is 49.0 Å². The van der Waals surface area contributed by atoms with Crippen LogP contribution < -0.4 is 4.74 Å². The Morgan fingerprint density at radius 3 is 2.82 bits per heavy atom. The van der Waals surface area contributed by atoms with E-state index in [2.05, 4.69) is 10.1 Å². The molecule has 1 atom stereocenters. The first-order valence-corrected chi connectivity index (χ1v) is 11.4. The molecule has 1 fully saturated rings. The van der Waals surface area contributed by atoms with E-state index in [9.17, 15) is 13.6 Å². The van der Waals surface area contributed by atoms with Crippen molar-refractivity contribution in [2.45, 2.75) is 31.4 Å². The first-order chi connectivity index (χ1) is 16.0. The van der Waals surface area contributed by atoms with Crippen LogP contribution in [0.2, 0.25) is 0 Å². The SMILES string of the molecule is CN1CCc2ccc(OCC(F)CN3CCC(c4noc5cc(F)ccc45)CC3)cc2C1=O. The Bertz CT molecular complexity index is 1160. The molecule has 0 radical (unpaired) electrons. The summed E-state index contributed by atoms with van der Waals surface area (Å²) in [7, 11) is 1.78. The molecule has 0 aliphatic carbocycles. The van der Waals surface area contributed by atoms with Gasteiger partial charge in [0.1, 0.15) is 24.3 Å². The maximum atomic E-state index is 14.7. The predicted octanol–water partition coefficient (Wildman–Crippen LogP) is 4.19. The van der Waals surface area contributed by atoms with Crippen LogP contribution in [0.15, 0.2) is 40.9 Å². The Kier molecular flexibility index (Phi) is 6.01. The number of halogens is 2. The second-order valence-corrected chi connectivity index (χ2v) is 8.99. The van der Waals surface area contributed by atoms with Crippen molar-refractivity contribution >= 4 is 16.9 Å². The number of fused-ring (bicyclic) bond motifs is 2. The number of ether oxygens (including phenoxy) is 1. The van der Waals surface area contributed by atoms with Gasteiger partial charge < -0.3 is 19.1 Å². The minimum absolute atomic E-state index is 0.0219. The standard InChI is InChI=1S/C25H27F2N3O3/c1-29-9-6-16-2-4-20(13-22(16)25(29)31)32-15-19(27)14-30-10-7-17(8-11-30)24-21-5-3-18(26)12-23(21)33-28-24/h2-5,12-13,17,19H,6-11,14-15H2,1H3. The minimum atomic E-state index is -1.13. The summed E-state index contributed by atoms with van der Waals surface area (Å²) in [6, 6.07) is 9.91. The molecule has 8 heteroatoms. The van der Waals surface area contributed by atoms with E-state index >= 15 is 0 Å². The van der Waals surface area contributed by atoms with Crippen molar-refractivity contribution in [3.63, 3.8) is 0 Å². The zero-order valence-electron chi connectivity index (χ0n) is 18.6. The van der Waals surface area contributed by atoms with E-state index in [1.165, 1.54) is 12.1 Å². The number of amides is 1. The molecule has 0 N–H and O–H groups in total. The summed E-state index contributed by atoms with van der Waals surface area (Å²) in [4.78, 5) is 16.1. The van der Waals surface area contributed by atoms with Crippen LogP contribution in [-0.2, 0) is 6.42 Å². The third-order valence-electron chi connectivity index (χ3n) is 6.70. The van der Waals surface area contributed by atoms with Gasteiger partial charge in [0.25, 0.3) is 5.91 Å². The Balaban J connectivity index is 1.12. The minimum Gasteiger partial charge on any atom is -0.490 e. The van der Waals surface area contributed by atoms with Gasteiger partial charge in [-0.05, 0) is 62.2 Å². The molecule has 1 unspecified atom stereocenters. The van der Waals surface area contributed by atoms with Crippen LogP contribution >= 0.6 is 0 Å². The van der Waals surface area contributed by atoms with Gasteiger partial charge in [-0.2, -0.15) is 0 Å². The van der Waals surface area contributed by atoms with E-state index in [0.29, 0.717) is 30.0 Å². The van der Waals surface area contributed by atoms with Crippen molar-refractivity contribution in [1.29, 1.82) is 0 Å². The number of aromatic nitrogens is 1. The maximum Gasteiger partial charge on any atom is 0.254 e. The van der Waals surface area contributed by atoms with E-state index in [1.54, 1.807) is 24.1 Å². The zero-order valence-corrected chi connectivity index (χ0v) is 18.6. The van der Waals surface area contributed by atoms with E-state index in [-0.39, 0.29) is 24.2 Å². The van der Waals surface area contributed by atoms with Gasteiger partial charge in [-0.3, -0.25) is 4.79 Å². The Morgan fingerprint density at radius 1 is 1.18 bits per heavy atom. The maximum absolute atomic E-state index is 14.7. The van der Waals surface area contributed by atoms with Crippen molar-refractivity contribution < 1.29 is 22.8 Å². The van der Waals surface area contributed by atoms with Gasteiger partial charge in [0, 0.05) is 43.1 Å². The normalized spacial score (nSPS) is 18.5. The fourth-order valence-corrected chi connectivity index (χ4v) is 4.79. The number of likely N-dealkylation sites (N-methyl/N-ethyl adjacent to an activating group) is 1. The van der Waals surface area contributed by atoms with Crippen molar-refractivity contribution in [2.24, 2.45) is 0 Å². The highest BCUT2D eigenvalue weighted by Crippen LogP contribution is 2.33. The van der Waals surface area contributed by atoms with Gasteiger partial charge >= 0.3 is 0 Å². The van der Waals surface area contributed by atoms with Crippen molar-refractivity contribution in [3.05, 3.63) is 59.0 Å². The number of carbonyl (C=O) groups excluding carboxylic acids is 1. The summed E-state index contributed by atoms with van der Waals surface area (Å²) >= 11 is 0. The lowest BCUT2D eigenvalue weighted by Gasteiger charge is -2.32. The van der Waals surface area contributed by atoms with Crippen molar-refractivity contribution in [3.8, 4) is 5.75 Å². The molecule has 2 aliphatic rings. The molecule has 1 aromatic heterocycles. The molecule has 1 saturated heterocycles. The number of alkyl halides is 1. The monoisotopic (exact) mass is 455 g/mol. The van der Waals surface area contributed by atoms with Gasteiger partial charge in [-0.1, -0.05) is 11.2 Å². The van der Waals surface area contributed by atoms with Crippen molar-refractivity contribution in [1.82, 2.24) is 15.0 Å². The number of benzene rings is 2. The number of rotatable bonds is 6. The van der Waals surface area contributed by atoms with Gasteiger partial charge in [-0.15, -0.1) is 0 Å². The van der Waals surface area contributed by atoms with Crippen LogP contribution in [0.1, 0.15) is 40.4 Å². The van der Waals surface area contributed by atoms with Crippen molar-refractivity contribution in [2.75, 3.05) is 39.8 Å². The lowest BCUT2D eigenvalue weighted by atomic mass is 9.91. The molecule has 33 heavy (non-hydrogen) atoms. The van der Waals surface area contributed by atoms with E-state index in [1.807, 2.05) is 12.1 Å². The fraction of sp³-hybridized carbons (Fsp3) is 0.440. The Hall–Kier alpha value is -3.00. The summed E-state index contributed by atoms with van der Waals surface area (Å²) in [6.07, 6.45) is 1.37. The summed E-state index contributed by atoms with van der Waals surface area (Å²) in [5.41, 5.74) is 2.97. The molecule has 6 nitrogen and oxygen atoms in total. The number of hydrogen-bond donors (Lipinski definition) is 0. The smallest absolute Gasteiger partial charge is 0.254 e. The average molecular weight is 456 g/mol. The van der Waals surface area contributed by atoms with Crippen LogP contribution in [-0.4, -0.2) is 66.9 Å². The van der Waals surface area contributed by atoms with Gasteiger partial charge in [0.15, 0.2) is 5.58 Å². The summed E-state index contributed by atoms with van der Waals surface area (Å²) in [5, 5.41) is 5.02. The largest absolute Gasteiger partial charge is 0.490 e. The zero-order chi connectivity index (χ0) is 22.9. The highest BCUT2D eigenvalue weighted by Gasteiger charge is 2.27. The van der Waals surface area contributed by atoms with Crippen LogP contribution in [0, 0.1) is 5.82 Å². The second kappa shape index (κ2) is 9.09. The number of likely N-dealkylation sites (tertiary alicyclic amines) is 1. The molecule has 0 spiro atoms. The lowest BCUT2D eigenvalue weighted by molar-refractivity contribution is 0.0780. The molecule has 2 aliphatic heterocycles. The van der Waals surface area contributed by atoms with Crippen LogP contribution in [0.4, 0.5) is 8.78 Å². The van der Waals surface area contributed by atoms with E-state index in [4.69, 9.17) is 9.26 Å². The summed E-state index contributed by atoms with van der Waals surface area (Å²) < 4.78 is 39.0. The molecule has 0 saturated carbocycles. The predicted molar refractivity (Wildman–Crippen MR) is 120 cm³/mol. The van der Waals surface area contributed by atoms with Gasteiger partial charge in [-0.25, -0.2) is 8.78 Å². The molecule has 2 aromatic carbocycles. The summed E-state index contributed by atoms with van der Waals surface area (Å²) in [6.45, 7) is 2.45. The molecular formula is C25H27F2N3O3. The third kappa shape index (κ3) is 4.57. The first kappa shape index (κ1) is 21.8. The van der Waals surface area contributed by atoms with Crippen LogP contribution in [0.25, 0.3) is 11.0 Å². The molecule has 174 valence electrons. The number of piperidine rings is 1. The third-order valence-corrected chi connectivity index (χ3v) is 6.70. The molecule has 1 amide bonds. The Labute approximate surface area is 191 Å². The van der Waals surface area contributed by atoms with Gasteiger partial charge in [0.05, 0.1) is 5.69 Å². The summed E-state index contributed by atoms with van der Waals surface area (Å²) in [5.74, 6) is 0.374. The highest BCUT2D eigenvalue weighted by molar-refractivity contribution is 5.97. The topological polar surface area (TPSA) is 58.8 Å². The molecule has 0 bridgehead atoms. The number of nitrogens with zero attached hydrogens (tertiary/aromatic N) is 3. The number of carbonyl (C=O) groups is 1.